The van der Waals surface area contributed by atoms with Crippen molar-refractivity contribution in [2.75, 3.05) is 13.1 Å². The van der Waals surface area contributed by atoms with Gasteiger partial charge in [-0.15, -0.1) is 0 Å². The van der Waals surface area contributed by atoms with Crippen molar-refractivity contribution >= 4 is 12.0 Å². The zero-order valence-corrected chi connectivity index (χ0v) is 7.62. The van der Waals surface area contributed by atoms with Crippen LogP contribution in [0.2, 0.25) is 0 Å². The molecule has 2 N–H and O–H groups in total. The molecule has 1 heterocycles. The van der Waals surface area contributed by atoms with E-state index >= 15 is 0 Å². The van der Waals surface area contributed by atoms with Crippen molar-refractivity contribution in [1.82, 2.24) is 10.2 Å². The van der Waals surface area contributed by atoms with E-state index in [9.17, 15) is 9.59 Å². The van der Waals surface area contributed by atoms with Gasteiger partial charge in [0.2, 0.25) is 0 Å². The van der Waals surface area contributed by atoms with Gasteiger partial charge in [0.1, 0.15) is 6.04 Å². The van der Waals surface area contributed by atoms with Crippen LogP contribution in [0.5, 0.6) is 0 Å². The quantitative estimate of drug-likeness (QED) is 0.650. The molecule has 0 saturated carbocycles. The highest BCUT2D eigenvalue weighted by molar-refractivity contribution is 5.83. The summed E-state index contributed by atoms with van der Waals surface area (Å²) in [5.74, 6) is -0.913. The Balaban J connectivity index is 2.57. The van der Waals surface area contributed by atoms with E-state index in [4.69, 9.17) is 5.11 Å². The lowest BCUT2D eigenvalue weighted by molar-refractivity contribution is -0.141. The average molecular weight is 186 g/mol. The second kappa shape index (κ2) is 4.11. The van der Waals surface area contributed by atoms with Gasteiger partial charge in [-0.25, -0.2) is 9.59 Å². The van der Waals surface area contributed by atoms with Crippen LogP contribution in [0.25, 0.3) is 0 Å². The molecule has 1 aliphatic rings. The molecule has 0 aliphatic carbocycles. The SMILES string of the molecule is CCNC(=O)N1CCCC1C(=O)O. The number of rotatable bonds is 2. The van der Waals surface area contributed by atoms with Crippen LogP contribution in [0.3, 0.4) is 0 Å². The predicted molar refractivity (Wildman–Crippen MR) is 46.4 cm³/mol. The number of carboxylic acids is 1. The number of urea groups is 1. The molecule has 1 fully saturated rings. The van der Waals surface area contributed by atoms with Crippen LogP contribution in [0.1, 0.15) is 19.8 Å². The van der Waals surface area contributed by atoms with Gasteiger partial charge in [0.05, 0.1) is 0 Å². The number of nitrogens with one attached hydrogen (secondary N) is 1. The first-order chi connectivity index (χ1) is 6.16. The minimum absolute atomic E-state index is 0.271. The first kappa shape index (κ1) is 9.83. The lowest BCUT2D eigenvalue weighted by atomic mass is 10.2. The monoisotopic (exact) mass is 186 g/mol. The number of hydrogen-bond donors (Lipinski definition) is 2. The van der Waals surface area contributed by atoms with Crippen LogP contribution < -0.4 is 5.32 Å². The molecule has 5 heteroatoms. The van der Waals surface area contributed by atoms with Crippen molar-refractivity contribution in [2.24, 2.45) is 0 Å². The third kappa shape index (κ3) is 2.11. The third-order valence-electron chi connectivity index (χ3n) is 2.13. The molecular formula is C8H14N2O3. The lowest BCUT2D eigenvalue weighted by Crippen LogP contribution is -2.45. The van der Waals surface area contributed by atoms with Gasteiger partial charge in [-0.05, 0) is 19.8 Å². The second-order valence-corrected chi connectivity index (χ2v) is 3.03. The largest absolute Gasteiger partial charge is 0.480 e. The second-order valence-electron chi connectivity index (χ2n) is 3.03. The molecule has 0 aromatic rings. The molecule has 1 rings (SSSR count). The van der Waals surface area contributed by atoms with Crippen molar-refractivity contribution in [3.05, 3.63) is 0 Å². The van der Waals surface area contributed by atoms with E-state index in [1.807, 2.05) is 6.92 Å². The maximum atomic E-state index is 11.3. The summed E-state index contributed by atoms with van der Waals surface area (Å²) in [6, 6.07) is -0.904. The Hall–Kier alpha value is -1.26. The van der Waals surface area contributed by atoms with E-state index in [-0.39, 0.29) is 6.03 Å². The smallest absolute Gasteiger partial charge is 0.326 e. The van der Waals surface area contributed by atoms with Gasteiger partial charge < -0.3 is 15.3 Å². The highest BCUT2D eigenvalue weighted by Crippen LogP contribution is 2.16. The Labute approximate surface area is 76.7 Å². The van der Waals surface area contributed by atoms with Crippen molar-refractivity contribution in [3.63, 3.8) is 0 Å². The molecule has 1 unspecified atom stereocenters. The van der Waals surface area contributed by atoms with Crippen LogP contribution in [0, 0.1) is 0 Å². The standard InChI is InChI=1S/C8H14N2O3/c1-2-9-8(13)10-5-3-4-6(10)7(11)12/h6H,2-5H2,1H3,(H,9,13)(H,11,12). The molecular weight excluding hydrogens is 172 g/mol. The summed E-state index contributed by atoms with van der Waals surface area (Å²) in [7, 11) is 0. The zero-order chi connectivity index (χ0) is 9.84. The van der Waals surface area contributed by atoms with Crippen LogP contribution in [-0.4, -0.2) is 41.1 Å². The van der Waals surface area contributed by atoms with E-state index < -0.39 is 12.0 Å². The zero-order valence-electron chi connectivity index (χ0n) is 7.62. The van der Waals surface area contributed by atoms with Gasteiger partial charge >= 0.3 is 12.0 Å². The van der Waals surface area contributed by atoms with E-state index in [1.165, 1.54) is 4.90 Å². The Morgan fingerprint density at radius 1 is 1.62 bits per heavy atom. The van der Waals surface area contributed by atoms with Crippen LogP contribution in [0.15, 0.2) is 0 Å². The average Bonchev–Trinajstić information content (AvgIpc) is 2.52. The number of likely N-dealkylation sites (tertiary alicyclic amines) is 1. The lowest BCUT2D eigenvalue weighted by Gasteiger charge is -2.21. The van der Waals surface area contributed by atoms with Crippen molar-refractivity contribution in [2.45, 2.75) is 25.8 Å². The Bertz CT molecular complexity index is 217. The van der Waals surface area contributed by atoms with E-state index in [0.717, 1.165) is 6.42 Å². The molecule has 1 saturated heterocycles. The summed E-state index contributed by atoms with van der Waals surface area (Å²) in [5.41, 5.74) is 0. The number of carbonyl (C=O) groups excluding carboxylic acids is 1. The molecule has 1 atom stereocenters. The number of hydrogen-bond acceptors (Lipinski definition) is 2. The third-order valence-corrected chi connectivity index (χ3v) is 2.13. The number of amides is 2. The van der Waals surface area contributed by atoms with Gasteiger partial charge in [-0.3, -0.25) is 0 Å². The molecule has 2 amide bonds. The number of aliphatic carboxylic acids is 1. The minimum Gasteiger partial charge on any atom is -0.480 e. The van der Waals surface area contributed by atoms with E-state index in [0.29, 0.717) is 19.5 Å². The summed E-state index contributed by atoms with van der Waals surface area (Å²) < 4.78 is 0. The van der Waals surface area contributed by atoms with Crippen molar-refractivity contribution in [3.8, 4) is 0 Å². The summed E-state index contributed by atoms with van der Waals surface area (Å²) in [4.78, 5) is 23.4. The number of carboxylic acid groups (broad SMARTS) is 1. The summed E-state index contributed by atoms with van der Waals surface area (Å²) in [6.45, 7) is 2.88. The topological polar surface area (TPSA) is 69.6 Å². The first-order valence-corrected chi connectivity index (χ1v) is 4.44. The van der Waals surface area contributed by atoms with Gasteiger partial charge in [-0.1, -0.05) is 0 Å². The molecule has 0 radical (unpaired) electrons. The Morgan fingerprint density at radius 2 is 2.31 bits per heavy atom. The maximum Gasteiger partial charge on any atom is 0.326 e. The van der Waals surface area contributed by atoms with Gasteiger partial charge in [0, 0.05) is 13.1 Å². The Kier molecular flexibility index (Phi) is 3.11. The fourth-order valence-corrected chi connectivity index (χ4v) is 1.52. The van der Waals surface area contributed by atoms with Crippen LogP contribution >= 0.6 is 0 Å². The molecule has 13 heavy (non-hydrogen) atoms. The number of carbonyl (C=O) groups is 2. The fraction of sp³-hybridized carbons (Fsp3) is 0.750. The highest BCUT2D eigenvalue weighted by Gasteiger charge is 2.33. The molecule has 0 aromatic heterocycles. The van der Waals surface area contributed by atoms with Gasteiger partial charge in [0.15, 0.2) is 0 Å². The normalized spacial score (nSPS) is 21.6. The molecule has 1 aliphatic heterocycles. The fourth-order valence-electron chi connectivity index (χ4n) is 1.52. The molecule has 74 valence electrons. The minimum atomic E-state index is -0.913. The Morgan fingerprint density at radius 3 is 2.85 bits per heavy atom. The van der Waals surface area contributed by atoms with Crippen molar-refractivity contribution in [1.29, 1.82) is 0 Å². The molecule has 5 nitrogen and oxygen atoms in total. The molecule has 0 spiro atoms. The highest BCUT2D eigenvalue weighted by atomic mass is 16.4. The summed E-state index contributed by atoms with van der Waals surface area (Å²) in [6.07, 6.45) is 1.33. The van der Waals surface area contributed by atoms with Gasteiger partial charge in [0.25, 0.3) is 0 Å². The maximum absolute atomic E-state index is 11.3. The first-order valence-electron chi connectivity index (χ1n) is 4.44. The summed E-state index contributed by atoms with van der Waals surface area (Å²) >= 11 is 0. The van der Waals surface area contributed by atoms with Crippen molar-refractivity contribution < 1.29 is 14.7 Å². The van der Waals surface area contributed by atoms with Gasteiger partial charge in [-0.2, -0.15) is 0 Å². The summed E-state index contributed by atoms with van der Waals surface area (Å²) in [5, 5.41) is 11.4. The molecule has 0 aromatic carbocycles. The van der Waals surface area contributed by atoms with Crippen LogP contribution in [0.4, 0.5) is 4.79 Å². The predicted octanol–water partition coefficient (Wildman–Crippen LogP) is 0.265. The van der Waals surface area contributed by atoms with E-state index in [1.54, 1.807) is 0 Å². The number of nitrogens with zero attached hydrogens (tertiary/aromatic N) is 1. The van der Waals surface area contributed by atoms with Crippen LogP contribution in [-0.2, 0) is 4.79 Å². The molecule has 0 bridgehead atoms. The van der Waals surface area contributed by atoms with E-state index in [2.05, 4.69) is 5.32 Å².